The van der Waals surface area contributed by atoms with Crippen LogP contribution in [-0.4, -0.2) is 34.7 Å². The number of urea groups is 1. The van der Waals surface area contributed by atoms with Crippen molar-refractivity contribution in [2.75, 3.05) is 6.54 Å². The number of hydrogen-bond acceptors (Lipinski definition) is 3. The summed E-state index contributed by atoms with van der Waals surface area (Å²) in [6.07, 6.45) is 0. The van der Waals surface area contributed by atoms with Crippen LogP contribution >= 0.6 is 22.6 Å². The van der Waals surface area contributed by atoms with Crippen molar-refractivity contribution >= 4 is 40.3 Å². The van der Waals surface area contributed by atoms with Gasteiger partial charge in [0, 0.05) is 9.13 Å². The van der Waals surface area contributed by atoms with E-state index in [9.17, 15) is 14.4 Å². The van der Waals surface area contributed by atoms with Crippen LogP contribution in [-0.2, 0) is 4.79 Å². The Labute approximate surface area is 124 Å². The lowest BCUT2D eigenvalue weighted by molar-refractivity contribution is -0.129. The lowest BCUT2D eigenvalue weighted by Crippen LogP contribution is -2.41. The van der Waals surface area contributed by atoms with Gasteiger partial charge in [-0.15, -0.1) is 0 Å². The number of imide groups is 1. The van der Waals surface area contributed by atoms with E-state index in [0.29, 0.717) is 5.56 Å². The first kappa shape index (κ1) is 14.0. The summed E-state index contributed by atoms with van der Waals surface area (Å²) in [7, 11) is 0. The summed E-state index contributed by atoms with van der Waals surface area (Å²) in [6.45, 7) is 3.00. The molecule has 0 aliphatic carbocycles. The van der Waals surface area contributed by atoms with E-state index in [1.165, 1.54) is 0 Å². The first-order chi connectivity index (χ1) is 8.81. The fourth-order valence-electron chi connectivity index (χ4n) is 1.83. The number of rotatable bonds is 3. The fraction of sp³-hybridized carbons (Fsp3) is 0.308. The number of carbonyl (C=O) groups excluding carboxylic acids is 3. The number of benzene rings is 1. The maximum Gasteiger partial charge on any atom is 0.325 e. The largest absolute Gasteiger partial charge is 0.325 e. The highest BCUT2D eigenvalue weighted by Gasteiger charge is 2.44. The van der Waals surface area contributed by atoms with Crippen molar-refractivity contribution in [2.45, 2.75) is 19.4 Å². The van der Waals surface area contributed by atoms with Gasteiger partial charge in [-0.3, -0.25) is 14.5 Å². The van der Waals surface area contributed by atoms with Gasteiger partial charge in [0.15, 0.2) is 5.78 Å². The first-order valence-electron chi connectivity index (χ1n) is 5.74. The lowest BCUT2D eigenvalue weighted by atomic mass is 10.1. The second-order valence-corrected chi connectivity index (χ2v) is 6.12. The Morgan fingerprint density at radius 1 is 1.26 bits per heavy atom. The third-order valence-electron chi connectivity index (χ3n) is 2.91. The van der Waals surface area contributed by atoms with Crippen molar-refractivity contribution < 1.29 is 14.4 Å². The second-order valence-electron chi connectivity index (χ2n) is 4.88. The van der Waals surface area contributed by atoms with E-state index in [4.69, 9.17) is 0 Å². The molecule has 1 heterocycles. The number of halogens is 1. The summed E-state index contributed by atoms with van der Waals surface area (Å²) in [6, 6.07) is 6.48. The van der Waals surface area contributed by atoms with Crippen LogP contribution in [0.15, 0.2) is 24.3 Å². The van der Waals surface area contributed by atoms with E-state index in [2.05, 4.69) is 27.9 Å². The van der Waals surface area contributed by atoms with Crippen molar-refractivity contribution in [3.63, 3.8) is 0 Å². The van der Waals surface area contributed by atoms with Gasteiger partial charge in [-0.05, 0) is 48.6 Å². The molecular formula is C13H13IN2O3. The van der Waals surface area contributed by atoms with Crippen LogP contribution in [0.1, 0.15) is 24.2 Å². The molecule has 0 atom stereocenters. The van der Waals surface area contributed by atoms with Crippen LogP contribution in [0.4, 0.5) is 4.79 Å². The molecule has 6 heteroatoms. The number of nitrogens with one attached hydrogen (secondary N) is 1. The average molecular weight is 372 g/mol. The lowest BCUT2D eigenvalue weighted by Gasteiger charge is -2.15. The number of amides is 3. The highest BCUT2D eigenvalue weighted by atomic mass is 127. The predicted octanol–water partition coefficient (Wildman–Crippen LogP) is 1.80. The van der Waals surface area contributed by atoms with Gasteiger partial charge in [0.25, 0.3) is 5.91 Å². The molecule has 0 unspecified atom stereocenters. The molecule has 1 aromatic carbocycles. The number of carbonyl (C=O) groups is 3. The Morgan fingerprint density at radius 3 is 2.32 bits per heavy atom. The summed E-state index contributed by atoms with van der Waals surface area (Å²) < 4.78 is 1.02. The highest BCUT2D eigenvalue weighted by molar-refractivity contribution is 14.1. The molecule has 0 spiro atoms. The summed E-state index contributed by atoms with van der Waals surface area (Å²) in [5.74, 6) is -0.631. The van der Waals surface area contributed by atoms with Crippen LogP contribution in [0, 0.1) is 3.57 Å². The Hall–Kier alpha value is -1.44. The van der Waals surface area contributed by atoms with Gasteiger partial charge < -0.3 is 5.32 Å². The van der Waals surface area contributed by atoms with Crippen molar-refractivity contribution in [2.24, 2.45) is 0 Å². The molecule has 1 aliphatic rings. The van der Waals surface area contributed by atoms with Crippen molar-refractivity contribution in [1.82, 2.24) is 10.2 Å². The van der Waals surface area contributed by atoms with Gasteiger partial charge in [0.05, 0.1) is 6.54 Å². The van der Waals surface area contributed by atoms with Gasteiger partial charge in [0.1, 0.15) is 5.54 Å². The smallest absolute Gasteiger partial charge is 0.324 e. The Morgan fingerprint density at radius 2 is 1.84 bits per heavy atom. The number of Topliss-reactive ketones (excluding diaryl/α,β-unsaturated/α-hetero) is 1. The molecule has 0 bridgehead atoms. The molecule has 1 N–H and O–H groups in total. The molecule has 0 aromatic heterocycles. The average Bonchev–Trinajstić information content (AvgIpc) is 2.52. The Balaban J connectivity index is 2.14. The molecule has 5 nitrogen and oxygen atoms in total. The summed E-state index contributed by atoms with van der Waals surface area (Å²) in [5, 5.41) is 2.54. The molecule has 0 radical (unpaired) electrons. The summed E-state index contributed by atoms with van der Waals surface area (Å²) in [5.41, 5.74) is -0.450. The molecule has 1 fully saturated rings. The molecule has 1 aromatic rings. The topological polar surface area (TPSA) is 66.5 Å². The zero-order valence-corrected chi connectivity index (χ0v) is 12.7. The molecule has 3 amide bonds. The fourth-order valence-corrected chi connectivity index (χ4v) is 2.19. The third kappa shape index (κ3) is 2.78. The number of nitrogens with zero attached hydrogens (tertiary/aromatic N) is 1. The van der Waals surface area contributed by atoms with Crippen LogP contribution in [0.25, 0.3) is 0 Å². The zero-order valence-electron chi connectivity index (χ0n) is 10.6. The van der Waals surface area contributed by atoms with Crippen molar-refractivity contribution in [3.8, 4) is 0 Å². The van der Waals surface area contributed by atoms with Crippen LogP contribution in [0.5, 0.6) is 0 Å². The Bertz CT molecular complexity index is 552. The molecule has 100 valence electrons. The number of ketones is 1. The molecule has 0 saturated carbocycles. The maximum absolute atomic E-state index is 12.0. The highest BCUT2D eigenvalue weighted by Crippen LogP contribution is 2.17. The number of hydrogen-bond donors (Lipinski definition) is 1. The van der Waals surface area contributed by atoms with E-state index in [-0.39, 0.29) is 18.2 Å². The van der Waals surface area contributed by atoms with E-state index < -0.39 is 11.6 Å². The minimum absolute atomic E-state index is 0.227. The summed E-state index contributed by atoms with van der Waals surface area (Å²) >= 11 is 2.14. The van der Waals surface area contributed by atoms with Gasteiger partial charge in [-0.2, -0.15) is 0 Å². The van der Waals surface area contributed by atoms with Crippen LogP contribution < -0.4 is 5.32 Å². The molecular weight excluding hydrogens is 359 g/mol. The normalized spacial score (nSPS) is 17.5. The van der Waals surface area contributed by atoms with E-state index in [0.717, 1.165) is 8.47 Å². The van der Waals surface area contributed by atoms with Gasteiger partial charge in [0.2, 0.25) is 0 Å². The Kier molecular flexibility index (Phi) is 3.62. The second kappa shape index (κ2) is 4.92. The first-order valence-corrected chi connectivity index (χ1v) is 6.82. The van der Waals surface area contributed by atoms with E-state index >= 15 is 0 Å². The van der Waals surface area contributed by atoms with Gasteiger partial charge in [-0.25, -0.2) is 4.79 Å². The summed E-state index contributed by atoms with van der Waals surface area (Å²) in [4.78, 5) is 36.6. The minimum Gasteiger partial charge on any atom is -0.324 e. The quantitative estimate of drug-likeness (QED) is 0.500. The molecule has 1 saturated heterocycles. The van der Waals surface area contributed by atoms with Crippen molar-refractivity contribution in [3.05, 3.63) is 33.4 Å². The molecule has 19 heavy (non-hydrogen) atoms. The minimum atomic E-state index is -0.941. The zero-order chi connectivity index (χ0) is 14.2. The monoisotopic (exact) mass is 372 g/mol. The predicted molar refractivity (Wildman–Crippen MR) is 77.8 cm³/mol. The molecule has 2 rings (SSSR count). The standard InChI is InChI=1S/C13H13IN2O3/c1-13(2)11(18)16(12(19)15-13)7-10(17)8-3-5-9(14)6-4-8/h3-6H,7H2,1-2H3,(H,15,19). The van der Waals surface area contributed by atoms with E-state index in [1.54, 1.807) is 26.0 Å². The van der Waals surface area contributed by atoms with Crippen LogP contribution in [0.3, 0.4) is 0 Å². The SMILES string of the molecule is CC1(C)NC(=O)N(CC(=O)c2ccc(I)cc2)C1=O. The molecule has 1 aliphatic heterocycles. The van der Waals surface area contributed by atoms with Gasteiger partial charge in [-0.1, -0.05) is 12.1 Å². The third-order valence-corrected chi connectivity index (χ3v) is 3.63. The van der Waals surface area contributed by atoms with Crippen molar-refractivity contribution in [1.29, 1.82) is 0 Å². The maximum atomic E-state index is 12.0. The van der Waals surface area contributed by atoms with Gasteiger partial charge >= 0.3 is 6.03 Å². The van der Waals surface area contributed by atoms with Crippen LogP contribution in [0.2, 0.25) is 0 Å². The van der Waals surface area contributed by atoms with E-state index in [1.807, 2.05) is 12.1 Å².